The van der Waals surface area contributed by atoms with Crippen LogP contribution < -0.4 is 0 Å². The van der Waals surface area contributed by atoms with Crippen molar-refractivity contribution < 1.29 is 5.11 Å². The van der Waals surface area contributed by atoms with E-state index in [-0.39, 0.29) is 0 Å². The molecule has 0 aliphatic rings. The Balaban J connectivity index is 2.16. The average molecular weight is 268 g/mol. The van der Waals surface area contributed by atoms with Crippen LogP contribution in [0.2, 0.25) is 0 Å². The van der Waals surface area contributed by atoms with Gasteiger partial charge in [-0.2, -0.15) is 0 Å². The molecule has 0 spiro atoms. The summed E-state index contributed by atoms with van der Waals surface area (Å²) in [6.07, 6.45) is -0.553. The van der Waals surface area contributed by atoms with Crippen LogP contribution in [0.25, 0.3) is 10.1 Å². The van der Waals surface area contributed by atoms with Crippen molar-refractivity contribution in [2.45, 2.75) is 20.0 Å². The summed E-state index contributed by atoms with van der Waals surface area (Å²) in [7, 11) is 0. The molecule has 0 saturated heterocycles. The molecule has 1 heterocycles. The van der Waals surface area contributed by atoms with Crippen LogP contribution >= 0.6 is 11.3 Å². The van der Waals surface area contributed by atoms with Crippen LogP contribution in [-0.4, -0.2) is 5.11 Å². The first-order valence-electron chi connectivity index (χ1n) is 6.39. The van der Waals surface area contributed by atoms with Gasteiger partial charge >= 0.3 is 0 Å². The number of hydrogen-bond acceptors (Lipinski definition) is 2. The van der Waals surface area contributed by atoms with Gasteiger partial charge < -0.3 is 5.11 Å². The average Bonchev–Trinajstić information content (AvgIpc) is 2.89. The van der Waals surface area contributed by atoms with E-state index >= 15 is 0 Å². The molecular weight excluding hydrogens is 252 g/mol. The van der Waals surface area contributed by atoms with Crippen LogP contribution in [0.15, 0.2) is 47.8 Å². The molecule has 1 atom stereocenters. The van der Waals surface area contributed by atoms with Crippen molar-refractivity contribution in [2.75, 3.05) is 0 Å². The van der Waals surface area contributed by atoms with Gasteiger partial charge in [-0.1, -0.05) is 36.4 Å². The van der Waals surface area contributed by atoms with Crippen LogP contribution in [0, 0.1) is 13.8 Å². The fourth-order valence-corrected chi connectivity index (χ4v) is 3.41. The molecule has 2 heteroatoms. The summed E-state index contributed by atoms with van der Waals surface area (Å²) in [5.41, 5.74) is 4.39. The maximum atomic E-state index is 10.7. The Morgan fingerprint density at radius 2 is 1.68 bits per heavy atom. The molecule has 1 N–H and O–H groups in total. The van der Waals surface area contributed by atoms with Gasteiger partial charge in [0.25, 0.3) is 0 Å². The van der Waals surface area contributed by atoms with E-state index in [1.54, 1.807) is 11.3 Å². The van der Waals surface area contributed by atoms with E-state index in [1.807, 2.05) is 24.3 Å². The molecule has 0 fully saturated rings. The van der Waals surface area contributed by atoms with E-state index < -0.39 is 6.10 Å². The van der Waals surface area contributed by atoms with E-state index in [2.05, 4.69) is 37.4 Å². The third kappa shape index (κ3) is 2.07. The lowest BCUT2D eigenvalue weighted by molar-refractivity contribution is 0.221. The smallest absolute Gasteiger partial charge is 0.106 e. The SMILES string of the molecule is Cc1cccc(C(O)c2cccc3ccsc23)c1C. The molecule has 2 aromatic carbocycles. The zero-order valence-electron chi connectivity index (χ0n) is 11.1. The Labute approximate surface area is 117 Å². The monoisotopic (exact) mass is 268 g/mol. The summed E-state index contributed by atoms with van der Waals surface area (Å²) in [4.78, 5) is 0. The lowest BCUT2D eigenvalue weighted by atomic mass is 9.94. The highest BCUT2D eigenvalue weighted by Gasteiger charge is 2.16. The van der Waals surface area contributed by atoms with Gasteiger partial charge in [0.15, 0.2) is 0 Å². The van der Waals surface area contributed by atoms with Gasteiger partial charge in [-0.15, -0.1) is 11.3 Å². The van der Waals surface area contributed by atoms with Crippen molar-refractivity contribution >= 4 is 21.4 Å². The summed E-state index contributed by atoms with van der Waals surface area (Å²) in [6.45, 7) is 4.15. The minimum atomic E-state index is -0.553. The molecular formula is C17H16OS. The molecule has 0 radical (unpaired) electrons. The predicted molar refractivity (Wildman–Crippen MR) is 81.8 cm³/mol. The van der Waals surface area contributed by atoms with Crippen LogP contribution in [0.3, 0.4) is 0 Å². The third-order valence-electron chi connectivity index (χ3n) is 3.75. The number of aliphatic hydroxyl groups is 1. The van der Waals surface area contributed by atoms with Crippen molar-refractivity contribution in [3.63, 3.8) is 0 Å². The van der Waals surface area contributed by atoms with Gasteiger partial charge in [-0.3, -0.25) is 0 Å². The van der Waals surface area contributed by atoms with E-state index in [9.17, 15) is 5.11 Å². The van der Waals surface area contributed by atoms with Gasteiger partial charge in [0.05, 0.1) is 0 Å². The highest BCUT2D eigenvalue weighted by atomic mass is 32.1. The highest BCUT2D eigenvalue weighted by Crippen LogP contribution is 2.33. The maximum Gasteiger partial charge on any atom is 0.106 e. The second kappa shape index (κ2) is 4.80. The first-order chi connectivity index (χ1) is 9.18. The van der Waals surface area contributed by atoms with Gasteiger partial charge in [-0.05, 0) is 47.4 Å². The fourth-order valence-electron chi connectivity index (χ4n) is 2.47. The predicted octanol–water partition coefficient (Wildman–Crippen LogP) is 4.60. The zero-order valence-corrected chi connectivity index (χ0v) is 11.9. The normalized spacial score (nSPS) is 12.8. The quantitative estimate of drug-likeness (QED) is 0.720. The number of fused-ring (bicyclic) bond motifs is 1. The van der Waals surface area contributed by atoms with Crippen LogP contribution in [0.4, 0.5) is 0 Å². The van der Waals surface area contributed by atoms with Gasteiger partial charge in [0.1, 0.15) is 6.10 Å². The Morgan fingerprint density at radius 3 is 2.53 bits per heavy atom. The van der Waals surface area contributed by atoms with E-state index in [0.717, 1.165) is 11.1 Å². The fraction of sp³-hybridized carbons (Fsp3) is 0.176. The van der Waals surface area contributed by atoms with Crippen molar-refractivity contribution in [3.05, 3.63) is 70.1 Å². The molecule has 0 aliphatic heterocycles. The Hall–Kier alpha value is -1.64. The van der Waals surface area contributed by atoms with Crippen molar-refractivity contribution in [2.24, 2.45) is 0 Å². The third-order valence-corrected chi connectivity index (χ3v) is 4.72. The van der Waals surface area contributed by atoms with E-state index in [4.69, 9.17) is 0 Å². The molecule has 3 rings (SSSR count). The van der Waals surface area contributed by atoms with Crippen molar-refractivity contribution in [1.82, 2.24) is 0 Å². The molecule has 96 valence electrons. The molecule has 19 heavy (non-hydrogen) atoms. The van der Waals surface area contributed by atoms with Crippen molar-refractivity contribution in [3.8, 4) is 0 Å². The Morgan fingerprint density at radius 1 is 0.947 bits per heavy atom. The largest absolute Gasteiger partial charge is 0.384 e. The summed E-state index contributed by atoms with van der Waals surface area (Å²) < 4.78 is 1.18. The molecule has 1 unspecified atom stereocenters. The zero-order chi connectivity index (χ0) is 13.4. The molecule has 0 amide bonds. The number of benzene rings is 2. The number of hydrogen-bond donors (Lipinski definition) is 1. The van der Waals surface area contributed by atoms with Crippen LogP contribution in [0.5, 0.6) is 0 Å². The van der Waals surface area contributed by atoms with Crippen LogP contribution in [0.1, 0.15) is 28.4 Å². The lowest BCUT2D eigenvalue weighted by Gasteiger charge is -2.16. The van der Waals surface area contributed by atoms with Crippen LogP contribution in [-0.2, 0) is 0 Å². The highest BCUT2D eigenvalue weighted by molar-refractivity contribution is 7.17. The number of aliphatic hydroxyl groups excluding tert-OH is 1. The first-order valence-corrected chi connectivity index (χ1v) is 7.27. The Bertz CT molecular complexity index is 727. The number of thiophene rings is 1. The second-order valence-corrected chi connectivity index (χ2v) is 5.79. The first kappa shape index (κ1) is 12.4. The summed E-state index contributed by atoms with van der Waals surface area (Å²) >= 11 is 1.69. The van der Waals surface area contributed by atoms with E-state index in [1.165, 1.54) is 21.2 Å². The van der Waals surface area contributed by atoms with E-state index in [0.29, 0.717) is 0 Å². The second-order valence-electron chi connectivity index (χ2n) is 4.88. The van der Waals surface area contributed by atoms with Gasteiger partial charge in [-0.25, -0.2) is 0 Å². The Kier molecular flexibility index (Phi) is 3.13. The molecule has 1 nitrogen and oxygen atoms in total. The number of rotatable bonds is 2. The lowest BCUT2D eigenvalue weighted by Crippen LogP contribution is -2.03. The topological polar surface area (TPSA) is 20.2 Å². The minimum Gasteiger partial charge on any atom is -0.384 e. The van der Waals surface area contributed by atoms with Crippen molar-refractivity contribution in [1.29, 1.82) is 0 Å². The molecule has 1 aromatic heterocycles. The minimum absolute atomic E-state index is 0.553. The molecule has 3 aromatic rings. The molecule has 0 bridgehead atoms. The molecule has 0 saturated carbocycles. The summed E-state index contributed by atoms with van der Waals surface area (Å²) in [6, 6.07) is 14.3. The van der Waals surface area contributed by atoms with Gasteiger partial charge in [0, 0.05) is 10.3 Å². The summed E-state index contributed by atoms with van der Waals surface area (Å²) in [5.74, 6) is 0. The van der Waals surface area contributed by atoms with Gasteiger partial charge in [0.2, 0.25) is 0 Å². The summed E-state index contributed by atoms with van der Waals surface area (Å²) in [5, 5.41) is 14.0. The number of aryl methyl sites for hydroxylation is 1. The standard InChI is InChI=1S/C17H16OS/c1-11-5-3-7-14(12(11)2)16(18)15-8-4-6-13-9-10-19-17(13)15/h3-10,16,18H,1-2H3. The maximum absolute atomic E-state index is 10.7. The molecule has 0 aliphatic carbocycles.